The molecule has 1 heterocycles. The first-order valence-corrected chi connectivity index (χ1v) is 16.9. The highest BCUT2D eigenvalue weighted by atomic mass is 19.4. The number of benzene rings is 2. The lowest BCUT2D eigenvalue weighted by molar-refractivity contribution is -0.214. The number of alkyl halides is 3. The van der Waals surface area contributed by atoms with Crippen molar-refractivity contribution in [2.75, 3.05) is 13.2 Å². The Morgan fingerprint density at radius 1 is 0.826 bits per heavy atom. The van der Waals surface area contributed by atoms with Gasteiger partial charge < -0.3 is 14.6 Å². The molecule has 252 valence electrons. The molecule has 0 saturated carbocycles. The van der Waals surface area contributed by atoms with Gasteiger partial charge in [0.2, 0.25) is 0 Å². The predicted octanol–water partition coefficient (Wildman–Crippen LogP) is 11.0. The zero-order valence-electron chi connectivity index (χ0n) is 27.4. The number of carbonyl (C=O) groups is 1. The predicted molar refractivity (Wildman–Crippen MR) is 178 cm³/mol. The number of aromatic nitrogens is 1. The van der Waals surface area contributed by atoms with E-state index < -0.39 is 18.2 Å². The van der Waals surface area contributed by atoms with Gasteiger partial charge in [-0.25, -0.2) is 0 Å². The number of carboxylic acids is 1. The first-order chi connectivity index (χ1) is 22.2. The van der Waals surface area contributed by atoms with Crippen LogP contribution in [0.5, 0.6) is 5.75 Å². The fourth-order valence-corrected chi connectivity index (χ4v) is 5.61. The van der Waals surface area contributed by atoms with Crippen molar-refractivity contribution in [1.29, 1.82) is 0 Å². The van der Waals surface area contributed by atoms with E-state index in [1.807, 2.05) is 48.5 Å². The van der Waals surface area contributed by atoms with Gasteiger partial charge in [0, 0.05) is 18.6 Å². The molecule has 0 aliphatic rings. The number of unbranched alkanes of at least 4 members (excludes halogenated alkanes) is 7. The Balaban J connectivity index is 1.74. The number of aliphatic carboxylic acids is 1. The molecule has 0 fully saturated rings. The minimum Gasteiger partial charge on any atom is -0.492 e. The van der Waals surface area contributed by atoms with Crippen molar-refractivity contribution in [2.45, 2.75) is 116 Å². The van der Waals surface area contributed by atoms with E-state index in [4.69, 9.17) is 14.5 Å². The van der Waals surface area contributed by atoms with Crippen LogP contribution >= 0.6 is 0 Å². The maximum Gasteiger partial charge on any atom is 0.414 e. The number of halogens is 3. The highest BCUT2D eigenvalue weighted by Crippen LogP contribution is 2.37. The fourth-order valence-electron chi connectivity index (χ4n) is 5.61. The van der Waals surface area contributed by atoms with E-state index >= 15 is 0 Å². The van der Waals surface area contributed by atoms with Gasteiger partial charge in [-0.1, -0.05) is 94.3 Å². The molecule has 1 N–H and O–H groups in total. The molecule has 0 saturated heterocycles. The summed E-state index contributed by atoms with van der Waals surface area (Å²) in [5, 5.41) is 9.21. The van der Waals surface area contributed by atoms with Crippen LogP contribution in [0.1, 0.15) is 109 Å². The van der Waals surface area contributed by atoms with Crippen LogP contribution in [-0.4, -0.2) is 41.6 Å². The zero-order valence-corrected chi connectivity index (χ0v) is 27.4. The standard InChI is InChI=1S/C38H50F3NO4/c1-3-4-5-6-7-8-9-13-25-46-33-22-24-36(42-28-33)35-27-32(21-23-34(35)31-16-11-10-12-17-31)30(18-14-20-37(43)44)19-15-26-45-29(2)38(39,40)41/h10-12,16-17,21-24,27-30H,3-9,13-15,18-20,25-26H2,1-2H3,(H,43,44). The van der Waals surface area contributed by atoms with Crippen LogP contribution in [-0.2, 0) is 9.53 Å². The van der Waals surface area contributed by atoms with Crippen LogP contribution in [0.3, 0.4) is 0 Å². The van der Waals surface area contributed by atoms with Crippen molar-refractivity contribution in [3.05, 3.63) is 72.4 Å². The third kappa shape index (κ3) is 13.1. The monoisotopic (exact) mass is 641 g/mol. The summed E-state index contributed by atoms with van der Waals surface area (Å²) in [6.07, 6.45) is 7.55. The average molecular weight is 642 g/mol. The zero-order chi connectivity index (χ0) is 33.2. The Labute approximate surface area is 272 Å². The molecule has 0 aliphatic heterocycles. The summed E-state index contributed by atoms with van der Waals surface area (Å²) in [6, 6.07) is 20.1. The second-order valence-electron chi connectivity index (χ2n) is 12.1. The van der Waals surface area contributed by atoms with Crippen molar-refractivity contribution in [3.8, 4) is 28.1 Å². The van der Waals surface area contributed by atoms with E-state index in [0.29, 0.717) is 32.3 Å². The van der Waals surface area contributed by atoms with Crippen molar-refractivity contribution in [1.82, 2.24) is 4.98 Å². The Kier molecular flexibility index (Phi) is 16.1. The van der Waals surface area contributed by atoms with E-state index in [0.717, 1.165) is 53.5 Å². The SMILES string of the molecule is CCCCCCCCCCOc1ccc(-c2cc(C(CCCOC(C)C(F)(F)F)CCCC(=O)O)ccc2-c2ccccc2)nc1. The van der Waals surface area contributed by atoms with Gasteiger partial charge in [-0.3, -0.25) is 9.78 Å². The van der Waals surface area contributed by atoms with E-state index in [9.17, 15) is 23.1 Å². The van der Waals surface area contributed by atoms with Crippen LogP contribution in [0.2, 0.25) is 0 Å². The second-order valence-corrected chi connectivity index (χ2v) is 12.1. The van der Waals surface area contributed by atoms with Gasteiger partial charge in [0.05, 0.1) is 18.5 Å². The van der Waals surface area contributed by atoms with Crippen molar-refractivity contribution >= 4 is 5.97 Å². The van der Waals surface area contributed by atoms with Gasteiger partial charge in [0.1, 0.15) is 5.75 Å². The maximum absolute atomic E-state index is 12.9. The molecule has 1 aromatic heterocycles. The van der Waals surface area contributed by atoms with Crippen LogP contribution in [0.4, 0.5) is 13.2 Å². The van der Waals surface area contributed by atoms with Gasteiger partial charge in [0.25, 0.3) is 0 Å². The maximum atomic E-state index is 12.9. The van der Waals surface area contributed by atoms with E-state index in [1.165, 1.54) is 38.5 Å². The molecule has 2 unspecified atom stereocenters. The van der Waals surface area contributed by atoms with E-state index in [-0.39, 0.29) is 18.9 Å². The molecule has 0 radical (unpaired) electrons. The molecule has 3 aromatic rings. The molecule has 2 atom stereocenters. The normalized spacial score (nSPS) is 13.0. The van der Waals surface area contributed by atoms with Crippen molar-refractivity contribution in [3.63, 3.8) is 0 Å². The molecular weight excluding hydrogens is 591 g/mol. The minimum absolute atomic E-state index is 0.0208. The summed E-state index contributed by atoms with van der Waals surface area (Å²) in [4.78, 5) is 16.0. The molecule has 2 aromatic carbocycles. The summed E-state index contributed by atoms with van der Waals surface area (Å²) in [5.74, 6) is -0.180. The summed E-state index contributed by atoms with van der Waals surface area (Å²) >= 11 is 0. The number of hydrogen-bond donors (Lipinski definition) is 1. The van der Waals surface area contributed by atoms with Crippen LogP contribution in [0.25, 0.3) is 22.4 Å². The summed E-state index contributed by atoms with van der Waals surface area (Å²) in [6.45, 7) is 3.88. The van der Waals surface area contributed by atoms with Crippen molar-refractivity contribution in [2.24, 2.45) is 0 Å². The van der Waals surface area contributed by atoms with E-state index in [2.05, 4.69) is 19.1 Å². The molecule has 3 rings (SSSR count). The van der Waals surface area contributed by atoms with Crippen LogP contribution in [0.15, 0.2) is 66.9 Å². The number of rotatable bonds is 22. The molecular formula is C38H50F3NO4. The first kappa shape index (κ1) is 37.1. The Hall–Kier alpha value is -3.39. The average Bonchev–Trinajstić information content (AvgIpc) is 3.05. The van der Waals surface area contributed by atoms with Crippen LogP contribution in [0, 0.1) is 0 Å². The highest BCUT2D eigenvalue weighted by molar-refractivity contribution is 5.82. The smallest absolute Gasteiger partial charge is 0.414 e. The minimum atomic E-state index is -4.40. The molecule has 46 heavy (non-hydrogen) atoms. The third-order valence-electron chi connectivity index (χ3n) is 8.35. The Morgan fingerprint density at radius 2 is 1.52 bits per heavy atom. The fraction of sp³-hybridized carbons (Fsp3) is 0.526. The summed E-state index contributed by atoms with van der Waals surface area (Å²) < 4.78 is 49.7. The van der Waals surface area contributed by atoms with Crippen LogP contribution < -0.4 is 4.74 Å². The number of pyridine rings is 1. The van der Waals surface area contributed by atoms with E-state index in [1.54, 1.807) is 6.20 Å². The Bertz CT molecular complexity index is 1280. The third-order valence-corrected chi connectivity index (χ3v) is 8.35. The first-order valence-electron chi connectivity index (χ1n) is 16.9. The van der Waals surface area contributed by atoms with Gasteiger partial charge >= 0.3 is 12.1 Å². The largest absolute Gasteiger partial charge is 0.492 e. The molecule has 0 bridgehead atoms. The summed E-state index contributed by atoms with van der Waals surface area (Å²) in [7, 11) is 0. The highest BCUT2D eigenvalue weighted by Gasteiger charge is 2.36. The number of nitrogens with zero attached hydrogens (tertiary/aromatic N) is 1. The molecule has 0 aliphatic carbocycles. The molecule has 0 amide bonds. The lowest BCUT2D eigenvalue weighted by atomic mass is 9.86. The van der Waals surface area contributed by atoms with Gasteiger partial charge in [-0.15, -0.1) is 0 Å². The summed E-state index contributed by atoms with van der Waals surface area (Å²) in [5.41, 5.74) is 4.77. The number of carboxylic acid groups (broad SMARTS) is 1. The second kappa shape index (κ2) is 20.0. The lowest BCUT2D eigenvalue weighted by Gasteiger charge is -2.21. The van der Waals surface area contributed by atoms with Crippen molar-refractivity contribution < 1.29 is 32.5 Å². The van der Waals surface area contributed by atoms with Gasteiger partial charge in [0.15, 0.2) is 6.10 Å². The quantitative estimate of drug-likeness (QED) is 0.111. The lowest BCUT2D eigenvalue weighted by Crippen LogP contribution is -2.28. The Morgan fingerprint density at radius 3 is 2.17 bits per heavy atom. The molecule has 0 spiro atoms. The number of ether oxygens (including phenoxy) is 2. The van der Waals surface area contributed by atoms with Gasteiger partial charge in [-0.2, -0.15) is 13.2 Å². The van der Waals surface area contributed by atoms with Gasteiger partial charge in [-0.05, 0) is 79.8 Å². The molecule has 8 heteroatoms. The topological polar surface area (TPSA) is 68.7 Å². The molecule has 5 nitrogen and oxygen atoms in total. The number of hydrogen-bond acceptors (Lipinski definition) is 4.